The lowest BCUT2D eigenvalue weighted by Gasteiger charge is -2.22. The fourth-order valence-corrected chi connectivity index (χ4v) is 3.77. The Morgan fingerprint density at radius 2 is 1.90 bits per heavy atom. The van der Waals surface area contributed by atoms with Gasteiger partial charge in [0.2, 0.25) is 10.0 Å². The number of nitrogens with one attached hydrogen (secondary N) is 2. The summed E-state index contributed by atoms with van der Waals surface area (Å²) in [6, 6.07) is 9.38. The van der Waals surface area contributed by atoms with Gasteiger partial charge >= 0.3 is 0 Å². The van der Waals surface area contributed by atoms with E-state index in [0.29, 0.717) is 13.2 Å². The molecule has 20 heavy (non-hydrogen) atoms. The minimum Gasteiger partial charge on any atom is -0.492 e. The van der Waals surface area contributed by atoms with E-state index in [0.717, 1.165) is 31.7 Å². The standard InChI is InChI=1S/C14H22N2O3S/c17-20(18,12-13-6-8-15-9-7-13)16-10-11-19-14-4-2-1-3-5-14/h1-5,13,15-16H,6-12H2. The van der Waals surface area contributed by atoms with Gasteiger partial charge in [0.25, 0.3) is 0 Å². The first-order valence-corrected chi connectivity index (χ1v) is 8.67. The summed E-state index contributed by atoms with van der Waals surface area (Å²) >= 11 is 0. The van der Waals surface area contributed by atoms with Crippen LogP contribution in [-0.4, -0.2) is 40.4 Å². The van der Waals surface area contributed by atoms with Gasteiger partial charge in [-0.1, -0.05) is 18.2 Å². The van der Waals surface area contributed by atoms with Gasteiger partial charge in [0.05, 0.1) is 5.75 Å². The van der Waals surface area contributed by atoms with Gasteiger partial charge in [-0.25, -0.2) is 13.1 Å². The van der Waals surface area contributed by atoms with Gasteiger partial charge in [0, 0.05) is 6.54 Å². The van der Waals surface area contributed by atoms with Crippen LogP contribution in [0.2, 0.25) is 0 Å². The molecule has 1 aliphatic rings. The Kier molecular flexibility index (Phi) is 5.82. The SMILES string of the molecule is O=S(=O)(CC1CCNCC1)NCCOc1ccccc1. The summed E-state index contributed by atoms with van der Waals surface area (Å²) in [6.45, 7) is 2.48. The summed E-state index contributed by atoms with van der Waals surface area (Å²) in [5, 5.41) is 3.24. The normalized spacial score (nSPS) is 17.0. The maximum absolute atomic E-state index is 11.9. The van der Waals surface area contributed by atoms with Crippen molar-refractivity contribution in [2.24, 2.45) is 5.92 Å². The summed E-state index contributed by atoms with van der Waals surface area (Å²) in [5.41, 5.74) is 0. The molecule has 0 spiro atoms. The maximum Gasteiger partial charge on any atom is 0.211 e. The summed E-state index contributed by atoms with van der Waals surface area (Å²) in [4.78, 5) is 0. The highest BCUT2D eigenvalue weighted by molar-refractivity contribution is 7.89. The molecule has 5 nitrogen and oxygen atoms in total. The molecule has 0 amide bonds. The quantitative estimate of drug-likeness (QED) is 0.737. The fraction of sp³-hybridized carbons (Fsp3) is 0.571. The highest BCUT2D eigenvalue weighted by Crippen LogP contribution is 2.13. The fourth-order valence-electron chi connectivity index (χ4n) is 2.30. The molecule has 1 aliphatic heterocycles. The molecule has 0 bridgehead atoms. The van der Waals surface area contributed by atoms with Crippen LogP contribution in [0.3, 0.4) is 0 Å². The minimum absolute atomic E-state index is 0.222. The molecule has 0 aromatic heterocycles. The van der Waals surface area contributed by atoms with E-state index in [-0.39, 0.29) is 11.7 Å². The third-order valence-corrected chi connectivity index (χ3v) is 4.90. The zero-order valence-corrected chi connectivity index (χ0v) is 12.4. The van der Waals surface area contributed by atoms with Crippen LogP contribution in [0.4, 0.5) is 0 Å². The summed E-state index contributed by atoms with van der Waals surface area (Å²) in [7, 11) is -3.19. The topological polar surface area (TPSA) is 67.4 Å². The van der Waals surface area contributed by atoms with E-state index in [1.807, 2.05) is 30.3 Å². The number of ether oxygens (including phenoxy) is 1. The highest BCUT2D eigenvalue weighted by atomic mass is 32.2. The van der Waals surface area contributed by atoms with Crippen molar-refractivity contribution >= 4 is 10.0 Å². The van der Waals surface area contributed by atoms with Crippen molar-refractivity contribution < 1.29 is 13.2 Å². The number of para-hydroxylation sites is 1. The molecule has 1 heterocycles. The first-order chi connectivity index (χ1) is 9.66. The predicted molar refractivity (Wildman–Crippen MR) is 79.3 cm³/mol. The van der Waals surface area contributed by atoms with Gasteiger partial charge < -0.3 is 10.1 Å². The van der Waals surface area contributed by atoms with E-state index in [1.165, 1.54) is 0 Å². The lowest BCUT2D eigenvalue weighted by atomic mass is 10.0. The summed E-state index contributed by atoms with van der Waals surface area (Å²) < 4.78 is 31.9. The number of sulfonamides is 1. The Morgan fingerprint density at radius 1 is 1.20 bits per heavy atom. The molecule has 1 aromatic carbocycles. The van der Waals surface area contributed by atoms with Gasteiger partial charge in [-0.15, -0.1) is 0 Å². The van der Waals surface area contributed by atoms with Crippen molar-refractivity contribution in [1.82, 2.24) is 10.0 Å². The van der Waals surface area contributed by atoms with Gasteiger partial charge in [0.1, 0.15) is 12.4 Å². The van der Waals surface area contributed by atoms with Crippen molar-refractivity contribution in [2.75, 3.05) is 32.0 Å². The van der Waals surface area contributed by atoms with E-state index in [9.17, 15) is 8.42 Å². The van der Waals surface area contributed by atoms with Crippen molar-refractivity contribution in [3.63, 3.8) is 0 Å². The number of benzene rings is 1. The van der Waals surface area contributed by atoms with E-state index in [4.69, 9.17) is 4.74 Å². The van der Waals surface area contributed by atoms with Crippen molar-refractivity contribution in [3.8, 4) is 5.75 Å². The molecule has 1 saturated heterocycles. The second-order valence-electron chi connectivity index (χ2n) is 5.03. The van der Waals surface area contributed by atoms with E-state index in [1.54, 1.807) is 0 Å². The molecule has 112 valence electrons. The Hall–Kier alpha value is -1.11. The summed E-state index contributed by atoms with van der Waals surface area (Å²) in [5.74, 6) is 1.24. The Labute approximate surface area is 120 Å². The largest absolute Gasteiger partial charge is 0.492 e. The third kappa shape index (κ3) is 5.48. The van der Waals surface area contributed by atoms with Crippen LogP contribution in [0.25, 0.3) is 0 Å². The van der Waals surface area contributed by atoms with Gasteiger partial charge in [0.15, 0.2) is 0 Å². The van der Waals surface area contributed by atoms with E-state index >= 15 is 0 Å². The Morgan fingerprint density at radius 3 is 2.60 bits per heavy atom. The van der Waals surface area contributed by atoms with Crippen LogP contribution in [0, 0.1) is 5.92 Å². The average Bonchev–Trinajstić information content (AvgIpc) is 2.45. The van der Waals surface area contributed by atoms with E-state index < -0.39 is 10.0 Å². The molecule has 2 rings (SSSR count). The number of piperidine rings is 1. The monoisotopic (exact) mass is 298 g/mol. The van der Waals surface area contributed by atoms with Crippen LogP contribution in [-0.2, 0) is 10.0 Å². The van der Waals surface area contributed by atoms with Gasteiger partial charge in [-0.2, -0.15) is 0 Å². The third-order valence-electron chi connectivity index (χ3n) is 3.35. The maximum atomic E-state index is 11.9. The molecule has 2 N–H and O–H groups in total. The zero-order valence-electron chi connectivity index (χ0n) is 11.5. The second-order valence-corrected chi connectivity index (χ2v) is 6.88. The summed E-state index contributed by atoms with van der Waals surface area (Å²) in [6.07, 6.45) is 1.86. The molecule has 0 saturated carbocycles. The number of hydrogen-bond donors (Lipinski definition) is 2. The van der Waals surface area contributed by atoms with Crippen LogP contribution < -0.4 is 14.8 Å². The van der Waals surface area contributed by atoms with Crippen LogP contribution >= 0.6 is 0 Å². The van der Waals surface area contributed by atoms with Crippen molar-refractivity contribution in [2.45, 2.75) is 12.8 Å². The lowest BCUT2D eigenvalue weighted by Crippen LogP contribution is -2.36. The molecular formula is C14H22N2O3S. The average molecular weight is 298 g/mol. The van der Waals surface area contributed by atoms with Gasteiger partial charge in [-0.05, 0) is 44.0 Å². The molecule has 1 aromatic rings. The van der Waals surface area contributed by atoms with Crippen LogP contribution in [0.15, 0.2) is 30.3 Å². The first kappa shape index (κ1) is 15.3. The van der Waals surface area contributed by atoms with E-state index in [2.05, 4.69) is 10.0 Å². The minimum atomic E-state index is -3.19. The van der Waals surface area contributed by atoms with Gasteiger partial charge in [-0.3, -0.25) is 0 Å². The molecule has 6 heteroatoms. The van der Waals surface area contributed by atoms with Crippen LogP contribution in [0.5, 0.6) is 5.75 Å². The molecule has 0 atom stereocenters. The second kappa shape index (κ2) is 7.61. The van der Waals surface area contributed by atoms with Crippen molar-refractivity contribution in [1.29, 1.82) is 0 Å². The molecular weight excluding hydrogens is 276 g/mol. The number of rotatable bonds is 7. The Bertz CT molecular complexity index is 484. The molecule has 1 fully saturated rings. The Balaban J connectivity index is 1.67. The number of hydrogen-bond acceptors (Lipinski definition) is 4. The van der Waals surface area contributed by atoms with Crippen LogP contribution in [0.1, 0.15) is 12.8 Å². The molecule has 0 unspecified atom stereocenters. The first-order valence-electron chi connectivity index (χ1n) is 7.02. The predicted octanol–water partition coefficient (Wildman–Crippen LogP) is 0.984. The zero-order chi connectivity index (χ0) is 14.3. The molecule has 0 radical (unpaired) electrons. The highest BCUT2D eigenvalue weighted by Gasteiger charge is 2.20. The molecule has 0 aliphatic carbocycles. The smallest absolute Gasteiger partial charge is 0.211 e. The lowest BCUT2D eigenvalue weighted by molar-refractivity contribution is 0.322. The van der Waals surface area contributed by atoms with Crippen molar-refractivity contribution in [3.05, 3.63) is 30.3 Å².